The summed E-state index contributed by atoms with van der Waals surface area (Å²) < 4.78 is 5.83. The zero-order valence-electron chi connectivity index (χ0n) is 15.2. The lowest BCUT2D eigenvalue weighted by Gasteiger charge is -2.49. The maximum Gasteiger partial charge on any atom is 0.315 e. The summed E-state index contributed by atoms with van der Waals surface area (Å²) in [5, 5.41) is 2.26. The number of carbonyl (C=O) groups excluding carboxylic acids is 1. The van der Waals surface area contributed by atoms with Crippen molar-refractivity contribution in [2.24, 2.45) is 23.2 Å². The maximum atomic E-state index is 12.5. The van der Waals surface area contributed by atoms with Gasteiger partial charge in [-0.2, -0.15) is 0 Å². The molecular weight excluding hydrogens is 314 g/mol. The molecule has 2 heterocycles. The number of nitrogens with one attached hydrogen (secondary N) is 1. The highest BCUT2D eigenvalue weighted by atomic mass is 16.6. The van der Waals surface area contributed by atoms with Gasteiger partial charge < -0.3 is 15.0 Å². The van der Waals surface area contributed by atoms with Gasteiger partial charge >= 0.3 is 5.97 Å². The van der Waals surface area contributed by atoms with E-state index in [1.165, 1.54) is 18.4 Å². The Morgan fingerprint density at radius 3 is 3.20 bits per heavy atom. The van der Waals surface area contributed by atoms with Crippen molar-refractivity contribution in [2.75, 3.05) is 13.1 Å². The molecule has 5 heteroatoms. The molecule has 5 atom stereocenters. The molecule has 0 unspecified atom stereocenters. The van der Waals surface area contributed by atoms with Crippen LogP contribution in [-0.2, 0) is 16.0 Å². The van der Waals surface area contributed by atoms with Crippen LogP contribution < -0.4 is 5.32 Å². The van der Waals surface area contributed by atoms with Crippen LogP contribution in [0.25, 0.3) is 0 Å². The standard InChI is InChI=1S/C20H29N3O2/c1-13-4-3-6-20(2)9-18-15(8-17(13)20)16(19(24)25-18)11-21-7-5-14-10-22-12-23-14/h10,12,15-18,21H,1,3-9,11H2,2H3,(H,22,23)/p+1/t15-,16+,17+,18-,20-/m1/s1. The molecule has 0 bridgehead atoms. The van der Waals surface area contributed by atoms with E-state index in [0.717, 1.165) is 44.5 Å². The second-order valence-corrected chi connectivity index (χ2v) is 8.54. The van der Waals surface area contributed by atoms with Gasteiger partial charge in [0.05, 0.1) is 19.4 Å². The Kier molecular flexibility index (Phi) is 4.44. The van der Waals surface area contributed by atoms with Crippen molar-refractivity contribution in [1.82, 2.24) is 9.97 Å². The third-order valence-corrected chi connectivity index (χ3v) is 6.91. The lowest BCUT2D eigenvalue weighted by atomic mass is 9.55. The number of aromatic nitrogens is 2. The molecule has 2 saturated carbocycles. The molecule has 5 nitrogen and oxygen atoms in total. The number of carbonyl (C=O) groups is 1. The van der Waals surface area contributed by atoms with Gasteiger partial charge in [0.2, 0.25) is 0 Å². The Balaban J connectivity index is 1.37. The van der Waals surface area contributed by atoms with E-state index in [4.69, 9.17) is 4.74 Å². The van der Waals surface area contributed by atoms with Crippen LogP contribution in [0, 0.1) is 23.2 Å². The second kappa shape index (κ2) is 6.60. The summed E-state index contributed by atoms with van der Waals surface area (Å²) in [6.07, 6.45) is 10.4. The van der Waals surface area contributed by atoms with Gasteiger partial charge in [-0.3, -0.25) is 4.79 Å². The molecule has 1 aromatic heterocycles. The number of ether oxygens (including phenoxy) is 1. The Labute approximate surface area is 149 Å². The Hall–Kier alpha value is -1.62. The van der Waals surface area contributed by atoms with E-state index in [2.05, 4.69) is 28.8 Å². The van der Waals surface area contributed by atoms with Crippen molar-refractivity contribution in [3.05, 3.63) is 30.4 Å². The summed E-state index contributed by atoms with van der Waals surface area (Å²) in [5.41, 5.74) is 2.85. The predicted octanol–water partition coefficient (Wildman–Crippen LogP) is 1.83. The molecule has 0 radical (unpaired) electrons. The third kappa shape index (κ3) is 3.14. The molecule has 0 spiro atoms. The summed E-state index contributed by atoms with van der Waals surface area (Å²) in [7, 11) is 0. The van der Waals surface area contributed by atoms with E-state index in [9.17, 15) is 4.79 Å². The molecule has 0 aromatic carbocycles. The average molecular weight is 344 g/mol. The van der Waals surface area contributed by atoms with Gasteiger partial charge in [0.25, 0.3) is 0 Å². The predicted molar refractivity (Wildman–Crippen MR) is 94.6 cm³/mol. The maximum absolute atomic E-state index is 12.5. The number of nitrogens with zero attached hydrogens (tertiary/aromatic N) is 1. The van der Waals surface area contributed by atoms with Gasteiger partial charge in [0.15, 0.2) is 0 Å². The Bertz CT molecular complexity index is 641. The van der Waals surface area contributed by atoms with Crippen LogP contribution in [0.4, 0.5) is 0 Å². The number of esters is 1. The van der Waals surface area contributed by atoms with Crippen molar-refractivity contribution < 1.29 is 14.8 Å². The van der Waals surface area contributed by atoms with E-state index in [0.29, 0.717) is 11.8 Å². The molecule has 136 valence electrons. The summed E-state index contributed by atoms with van der Waals surface area (Å²) in [6, 6.07) is 0. The van der Waals surface area contributed by atoms with E-state index in [-0.39, 0.29) is 23.4 Å². The zero-order valence-corrected chi connectivity index (χ0v) is 15.2. The number of fused-ring (bicyclic) bond motifs is 2. The molecule has 3 fully saturated rings. The van der Waals surface area contributed by atoms with Crippen molar-refractivity contribution in [1.29, 1.82) is 0 Å². The van der Waals surface area contributed by atoms with Crippen molar-refractivity contribution in [3.8, 4) is 0 Å². The molecule has 4 rings (SSSR count). The fourth-order valence-corrected chi connectivity index (χ4v) is 5.50. The van der Waals surface area contributed by atoms with Gasteiger partial charge in [-0.25, -0.2) is 4.98 Å². The highest BCUT2D eigenvalue weighted by Crippen LogP contribution is 2.56. The quantitative estimate of drug-likeness (QED) is 0.486. The summed E-state index contributed by atoms with van der Waals surface area (Å²) in [5.74, 6) is 1.03. The van der Waals surface area contributed by atoms with Crippen molar-refractivity contribution >= 4 is 5.97 Å². The normalized spacial score (nSPS) is 37.5. The minimum Gasteiger partial charge on any atom is -0.462 e. The number of rotatable bonds is 5. The van der Waals surface area contributed by atoms with E-state index >= 15 is 0 Å². The van der Waals surface area contributed by atoms with Gasteiger partial charge in [-0.1, -0.05) is 19.1 Å². The molecule has 2 aliphatic carbocycles. The first kappa shape index (κ1) is 16.8. The van der Waals surface area contributed by atoms with Crippen LogP contribution in [0.1, 0.15) is 44.7 Å². The number of hydrogen-bond donors (Lipinski definition) is 2. The summed E-state index contributed by atoms with van der Waals surface area (Å²) >= 11 is 0. The Morgan fingerprint density at radius 2 is 2.40 bits per heavy atom. The van der Waals surface area contributed by atoms with Crippen LogP contribution >= 0.6 is 0 Å². The van der Waals surface area contributed by atoms with Crippen molar-refractivity contribution in [2.45, 2.75) is 51.6 Å². The molecule has 1 saturated heterocycles. The monoisotopic (exact) mass is 344 g/mol. The molecule has 1 aliphatic heterocycles. The lowest BCUT2D eigenvalue weighted by Crippen LogP contribution is -2.86. The SMILES string of the molecule is C=C1CCC[C@]2(C)C[C@H]3OC(=O)[C@@H](C[NH2+]CCc4cnc[nH]4)[C@H]3C[C@@H]12. The van der Waals surface area contributed by atoms with Gasteiger partial charge in [0.1, 0.15) is 12.0 Å². The van der Waals surface area contributed by atoms with Gasteiger partial charge in [-0.05, 0) is 43.4 Å². The minimum absolute atomic E-state index is 0.0284. The molecule has 1 aromatic rings. The number of aromatic amines is 1. The van der Waals surface area contributed by atoms with E-state index in [1.807, 2.05) is 6.20 Å². The fraction of sp³-hybridized carbons (Fsp3) is 0.700. The number of H-pyrrole nitrogens is 1. The number of hydrogen-bond acceptors (Lipinski definition) is 3. The average Bonchev–Trinajstić information content (AvgIpc) is 3.17. The van der Waals surface area contributed by atoms with Gasteiger partial charge in [0, 0.05) is 24.2 Å². The zero-order chi connectivity index (χ0) is 17.4. The number of quaternary nitrogens is 1. The molecule has 3 N–H and O–H groups in total. The first-order valence-corrected chi connectivity index (χ1v) is 9.74. The third-order valence-electron chi connectivity index (χ3n) is 6.91. The topological polar surface area (TPSA) is 71.6 Å². The number of allylic oxidation sites excluding steroid dienone is 1. The molecular formula is C20H30N3O2+. The van der Waals surface area contributed by atoms with Crippen LogP contribution in [0.3, 0.4) is 0 Å². The number of nitrogens with two attached hydrogens (primary N) is 1. The van der Waals surface area contributed by atoms with Crippen LogP contribution in [0.5, 0.6) is 0 Å². The first-order chi connectivity index (χ1) is 12.1. The van der Waals surface area contributed by atoms with Crippen LogP contribution in [0.2, 0.25) is 0 Å². The summed E-state index contributed by atoms with van der Waals surface area (Å²) in [4.78, 5) is 19.6. The van der Waals surface area contributed by atoms with Gasteiger partial charge in [-0.15, -0.1) is 0 Å². The van der Waals surface area contributed by atoms with E-state index in [1.54, 1.807) is 6.33 Å². The Morgan fingerprint density at radius 1 is 1.52 bits per heavy atom. The van der Waals surface area contributed by atoms with E-state index < -0.39 is 0 Å². The lowest BCUT2D eigenvalue weighted by molar-refractivity contribution is -0.658. The smallest absolute Gasteiger partial charge is 0.315 e. The highest BCUT2D eigenvalue weighted by molar-refractivity contribution is 5.75. The molecule has 3 aliphatic rings. The molecule has 25 heavy (non-hydrogen) atoms. The first-order valence-electron chi connectivity index (χ1n) is 9.74. The number of imidazole rings is 1. The van der Waals surface area contributed by atoms with Crippen LogP contribution in [-0.4, -0.2) is 35.1 Å². The molecule has 0 amide bonds. The summed E-state index contributed by atoms with van der Waals surface area (Å²) in [6.45, 7) is 8.55. The second-order valence-electron chi connectivity index (χ2n) is 8.54. The highest BCUT2D eigenvalue weighted by Gasteiger charge is 2.55. The van der Waals surface area contributed by atoms with Crippen molar-refractivity contribution in [3.63, 3.8) is 0 Å². The minimum atomic E-state index is 0.0284. The fourth-order valence-electron chi connectivity index (χ4n) is 5.50. The largest absolute Gasteiger partial charge is 0.462 e. The van der Waals surface area contributed by atoms with Crippen LogP contribution in [0.15, 0.2) is 24.7 Å².